The van der Waals surface area contributed by atoms with Gasteiger partial charge in [-0.15, -0.1) is 0 Å². The number of aromatic nitrogens is 1. The van der Waals surface area contributed by atoms with Crippen molar-refractivity contribution in [2.75, 3.05) is 6.26 Å². The number of aliphatic hydroxyl groups excluding tert-OH is 1. The van der Waals surface area contributed by atoms with Gasteiger partial charge in [0.2, 0.25) is 0 Å². The highest BCUT2D eigenvalue weighted by Gasteiger charge is 2.71. The number of aliphatic hydroxyl groups is 1. The largest absolute Gasteiger partial charge is 0.482 e. The van der Waals surface area contributed by atoms with Gasteiger partial charge in [0.05, 0.1) is 12.4 Å². The Morgan fingerprint density at radius 1 is 1.18 bits per heavy atom. The maximum Gasteiger partial charge on any atom is 0.345 e. The molecule has 0 aromatic carbocycles. The monoisotopic (exact) mass is 633 g/mol. The minimum atomic E-state index is -4.08. The maximum atomic E-state index is 13.5. The zero-order valence-corrected chi connectivity index (χ0v) is 26.5. The number of ether oxygens (including phenoxy) is 3. The van der Waals surface area contributed by atoms with Crippen LogP contribution in [-0.2, 0) is 33.4 Å². The predicted molar refractivity (Wildman–Crippen MR) is 156 cm³/mol. The first-order valence-corrected chi connectivity index (χ1v) is 16.6. The number of rotatable bonds is 7. The normalized spacial score (nSPS) is 34.5. The highest BCUT2D eigenvalue weighted by Crippen LogP contribution is 2.66. The second-order valence-corrected chi connectivity index (χ2v) is 14.3. The summed E-state index contributed by atoms with van der Waals surface area (Å²) in [6.45, 7) is 8.25. The fraction of sp³-hybridized carbons (Fsp3) is 0.613. The molecule has 0 saturated heterocycles. The number of esters is 2. The van der Waals surface area contributed by atoms with Crippen molar-refractivity contribution in [2.45, 2.75) is 96.2 Å². The lowest BCUT2D eigenvalue weighted by Crippen LogP contribution is -2.73. The molecule has 0 radical (unpaired) electrons. The summed E-state index contributed by atoms with van der Waals surface area (Å²) in [7, 11) is -4.08. The van der Waals surface area contributed by atoms with E-state index in [1.807, 2.05) is 13.8 Å². The standard InChI is InChI=1S/C31H39NO11S/c1-7-9-24(34)41-23-15-21-29(3,12-11-22(39-17(2)33)30(21,4)43-44(6,37)38)27-26(35)25-20(42-31(23,27)5)14-19(40-28(25)36)18-10-8-13-32-16-18/h8,10,13-14,16,21-23,26-27,35H,7,9,11-12,15H2,1-6H3/t21?,22-,23-,26-,27?,29-,30-,31+/m0/s1. The molecule has 2 aliphatic carbocycles. The third kappa shape index (κ3) is 5.43. The van der Waals surface area contributed by atoms with E-state index in [2.05, 4.69) is 4.98 Å². The Bertz CT molecular complexity index is 1610. The Kier molecular flexibility index (Phi) is 8.21. The van der Waals surface area contributed by atoms with Gasteiger partial charge in [-0.1, -0.05) is 13.8 Å². The van der Waals surface area contributed by atoms with Crippen LogP contribution >= 0.6 is 0 Å². The van der Waals surface area contributed by atoms with Crippen molar-refractivity contribution in [2.24, 2.45) is 17.3 Å². The highest BCUT2D eigenvalue weighted by atomic mass is 32.2. The Morgan fingerprint density at radius 2 is 1.91 bits per heavy atom. The number of fused-ring (bicyclic) bond motifs is 4. The van der Waals surface area contributed by atoms with Crippen molar-refractivity contribution < 1.29 is 45.9 Å². The van der Waals surface area contributed by atoms with E-state index in [9.17, 15) is 27.9 Å². The van der Waals surface area contributed by atoms with Gasteiger partial charge >= 0.3 is 17.6 Å². The molecule has 0 spiro atoms. The Balaban J connectivity index is 1.69. The summed E-state index contributed by atoms with van der Waals surface area (Å²) in [5.74, 6) is -2.45. The molecule has 2 aromatic heterocycles. The second kappa shape index (κ2) is 11.3. The van der Waals surface area contributed by atoms with E-state index in [0.717, 1.165) is 6.26 Å². The van der Waals surface area contributed by atoms with Crippen LogP contribution in [0.15, 0.2) is 39.8 Å². The zero-order chi connectivity index (χ0) is 32.2. The first-order chi connectivity index (χ1) is 20.5. The van der Waals surface area contributed by atoms with E-state index in [4.69, 9.17) is 22.8 Å². The highest BCUT2D eigenvalue weighted by molar-refractivity contribution is 7.86. The minimum absolute atomic E-state index is 0.0711. The molecule has 12 nitrogen and oxygen atoms in total. The quantitative estimate of drug-likeness (QED) is 0.347. The molecule has 1 N–H and O–H groups in total. The average molecular weight is 634 g/mol. The third-order valence-electron chi connectivity index (χ3n) is 9.69. The molecule has 240 valence electrons. The number of pyridine rings is 1. The van der Waals surface area contributed by atoms with Crippen molar-refractivity contribution in [1.29, 1.82) is 0 Å². The molecule has 44 heavy (non-hydrogen) atoms. The van der Waals surface area contributed by atoms with Crippen molar-refractivity contribution in [3.8, 4) is 17.1 Å². The zero-order valence-electron chi connectivity index (χ0n) is 25.7. The molecular formula is C31H39NO11S. The molecule has 2 unspecified atom stereocenters. The molecule has 0 bridgehead atoms. The SMILES string of the molecule is CCCC(=O)O[C@H]1CC2[C@](C)(CC[C@H](OC(C)=O)[C@@]2(C)OS(C)(=O)=O)C2[C@@H](O)c3c(cc(-c4cccnc4)oc3=O)O[C@@]21C. The maximum absolute atomic E-state index is 13.5. The fourth-order valence-electron chi connectivity index (χ4n) is 8.05. The smallest absolute Gasteiger partial charge is 0.345 e. The van der Waals surface area contributed by atoms with E-state index < -0.39 is 74.4 Å². The molecule has 13 heteroatoms. The van der Waals surface area contributed by atoms with Gasteiger partial charge in [0.15, 0.2) is 0 Å². The van der Waals surface area contributed by atoms with E-state index in [1.165, 1.54) is 19.2 Å². The van der Waals surface area contributed by atoms with Gasteiger partial charge in [0, 0.05) is 49.2 Å². The molecule has 1 aliphatic heterocycles. The van der Waals surface area contributed by atoms with Gasteiger partial charge in [-0.3, -0.25) is 18.8 Å². The molecule has 3 heterocycles. The predicted octanol–water partition coefficient (Wildman–Crippen LogP) is 3.70. The summed E-state index contributed by atoms with van der Waals surface area (Å²) in [5, 5.41) is 12.1. The van der Waals surface area contributed by atoms with Crippen LogP contribution in [0.1, 0.15) is 78.4 Å². The van der Waals surface area contributed by atoms with Crippen LogP contribution in [0.5, 0.6) is 5.75 Å². The average Bonchev–Trinajstić information content (AvgIpc) is 2.90. The molecule has 2 fully saturated rings. The van der Waals surface area contributed by atoms with Gasteiger partial charge in [-0.05, 0) is 57.1 Å². The number of nitrogens with zero attached hydrogens (tertiary/aromatic N) is 1. The van der Waals surface area contributed by atoms with Crippen LogP contribution in [0, 0.1) is 17.3 Å². The number of carbonyl (C=O) groups excluding carboxylic acids is 2. The molecule has 3 aliphatic rings. The second-order valence-electron chi connectivity index (χ2n) is 12.8. The van der Waals surface area contributed by atoms with E-state index >= 15 is 0 Å². The van der Waals surface area contributed by atoms with Gasteiger partial charge < -0.3 is 23.7 Å². The Hall–Kier alpha value is -3.29. The lowest BCUT2D eigenvalue weighted by molar-refractivity contribution is -0.274. The minimum Gasteiger partial charge on any atom is -0.482 e. The Morgan fingerprint density at radius 3 is 2.52 bits per heavy atom. The third-order valence-corrected chi connectivity index (χ3v) is 10.4. The van der Waals surface area contributed by atoms with E-state index in [-0.39, 0.29) is 36.3 Å². The van der Waals surface area contributed by atoms with Crippen LogP contribution in [0.4, 0.5) is 0 Å². The topological polar surface area (TPSA) is 169 Å². The number of hydrogen-bond acceptors (Lipinski definition) is 12. The van der Waals surface area contributed by atoms with Gasteiger partial charge in [-0.25, -0.2) is 4.79 Å². The van der Waals surface area contributed by atoms with E-state index in [0.29, 0.717) is 18.4 Å². The molecule has 2 saturated carbocycles. The van der Waals surface area contributed by atoms with Crippen LogP contribution in [0.3, 0.4) is 0 Å². The fourth-order valence-corrected chi connectivity index (χ4v) is 8.93. The molecular weight excluding hydrogens is 594 g/mol. The molecule has 8 atom stereocenters. The van der Waals surface area contributed by atoms with Crippen molar-refractivity contribution in [3.05, 3.63) is 46.6 Å². The first kappa shape index (κ1) is 32.1. The summed E-state index contributed by atoms with van der Waals surface area (Å²) in [6, 6.07) is 4.92. The number of hydrogen-bond donors (Lipinski definition) is 1. The van der Waals surface area contributed by atoms with Gasteiger partial charge in [-0.2, -0.15) is 8.42 Å². The van der Waals surface area contributed by atoms with Crippen LogP contribution in [-0.4, -0.2) is 60.1 Å². The number of carbonyl (C=O) groups is 2. The van der Waals surface area contributed by atoms with Crippen molar-refractivity contribution >= 4 is 22.1 Å². The van der Waals surface area contributed by atoms with Crippen LogP contribution in [0.2, 0.25) is 0 Å². The first-order valence-electron chi connectivity index (χ1n) is 14.8. The van der Waals surface area contributed by atoms with E-state index in [1.54, 1.807) is 32.2 Å². The molecule has 2 aromatic rings. The lowest BCUT2D eigenvalue weighted by Gasteiger charge is -2.65. The summed E-state index contributed by atoms with van der Waals surface area (Å²) in [6.07, 6.45) is 1.91. The summed E-state index contributed by atoms with van der Waals surface area (Å²) >= 11 is 0. The Labute approximate surface area is 256 Å². The van der Waals surface area contributed by atoms with Crippen molar-refractivity contribution in [3.63, 3.8) is 0 Å². The van der Waals surface area contributed by atoms with Crippen molar-refractivity contribution in [1.82, 2.24) is 4.98 Å². The lowest BCUT2D eigenvalue weighted by atomic mass is 9.45. The molecule has 5 rings (SSSR count). The summed E-state index contributed by atoms with van der Waals surface area (Å²) < 4.78 is 55.0. The van der Waals surface area contributed by atoms with Crippen LogP contribution < -0.4 is 10.4 Å². The molecule has 0 amide bonds. The van der Waals surface area contributed by atoms with Gasteiger partial charge in [0.1, 0.15) is 40.5 Å². The van der Waals surface area contributed by atoms with Gasteiger partial charge in [0.25, 0.3) is 10.1 Å². The summed E-state index contributed by atoms with van der Waals surface area (Å²) in [5.41, 5.74) is -4.28. The van der Waals surface area contributed by atoms with Crippen LogP contribution in [0.25, 0.3) is 11.3 Å². The summed E-state index contributed by atoms with van der Waals surface area (Å²) in [4.78, 5) is 42.6.